The van der Waals surface area contributed by atoms with Crippen molar-refractivity contribution in [1.82, 2.24) is 0 Å². The van der Waals surface area contributed by atoms with Gasteiger partial charge in [0.15, 0.2) is 28.8 Å². The predicted octanol–water partition coefficient (Wildman–Crippen LogP) is -5.84. The molecular weight excluding hydrogens is 466 g/mol. The fourth-order valence-corrected chi connectivity index (χ4v) is 3.98. The molecule has 0 unspecified atom stereocenters. The van der Waals surface area contributed by atoms with Gasteiger partial charge < -0.3 is 28.8 Å². The summed E-state index contributed by atoms with van der Waals surface area (Å²) in [7, 11) is -8.76. The SMILES string of the molecule is COc1ccc(C(=O)c2ccc(OC)c(O)c2S(=O)(=O)[O-])c(S(=O)(=O)[O-])c1O.[Na+].[Na+]. The summed E-state index contributed by atoms with van der Waals surface area (Å²) in [5.41, 5.74) is -1.86. The number of benzene rings is 2. The van der Waals surface area contributed by atoms with Gasteiger partial charge in [-0.1, -0.05) is 0 Å². The van der Waals surface area contributed by atoms with Crippen LogP contribution in [0.2, 0.25) is 0 Å². The Morgan fingerprint density at radius 3 is 1.30 bits per heavy atom. The molecule has 0 saturated heterocycles. The van der Waals surface area contributed by atoms with Gasteiger partial charge in [-0.25, -0.2) is 16.8 Å². The quantitative estimate of drug-likeness (QED) is 0.228. The Morgan fingerprint density at radius 2 is 1.07 bits per heavy atom. The van der Waals surface area contributed by atoms with E-state index in [-0.39, 0.29) is 59.1 Å². The molecule has 0 aliphatic rings. The van der Waals surface area contributed by atoms with Crippen LogP contribution in [0.15, 0.2) is 34.1 Å². The number of carbonyl (C=O) groups excluding carboxylic acids is 1. The summed E-state index contributed by atoms with van der Waals surface area (Å²) >= 11 is 0. The van der Waals surface area contributed by atoms with Gasteiger partial charge in [-0.05, 0) is 24.3 Å². The molecule has 0 radical (unpaired) electrons. The van der Waals surface area contributed by atoms with Crippen LogP contribution in [0.5, 0.6) is 23.0 Å². The fraction of sp³-hybridized carbons (Fsp3) is 0.133. The van der Waals surface area contributed by atoms with Crippen LogP contribution in [0, 0.1) is 0 Å². The molecule has 152 valence electrons. The molecule has 0 aliphatic heterocycles. The van der Waals surface area contributed by atoms with Crippen molar-refractivity contribution >= 4 is 26.0 Å². The second kappa shape index (κ2) is 10.6. The van der Waals surface area contributed by atoms with Gasteiger partial charge in [0.25, 0.3) is 0 Å². The summed E-state index contributed by atoms with van der Waals surface area (Å²) in [6, 6.07) is 3.47. The van der Waals surface area contributed by atoms with E-state index in [1.807, 2.05) is 0 Å². The van der Waals surface area contributed by atoms with Gasteiger partial charge >= 0.3 is 59.1 Å². The van der Waals surface area contributed by atoms with E-state index in [9.17, 15) is 40.9 Å². The first-order valence-corrected chi connectivity index (χ1v) is 9.92. The number of ether oxygens (including phenoxy) is 2. The molecule has 2 aromatic rings. The van der Waals surface area contributed by atoms with Gasteiger partial charge in [-0.15, -0.1) is 0 Å². The van der Waals surface area contributed by atoms with Crippen LogP contribution in [0.4, 0.5) is 0 Å². The van der Waals surface area contributed by atoms with Crippen LogP contribution in [-0.2, 0) is 20.2 Å². The second-order valence-electron chi connectivity index (χ2n) is 5.22. The average molecular weight is 478 g/mol. The van der Waals surface area contributed by atoms with E-state index in [2.05, 4.69) is 9.47 Å². The molecule has 0 saturated carbocycles. The van der Waals surface area contributed by atoms with Crippen LogP contribution in [0.1, 0.15) is 15.9 Å². The molecule has 0 amide bonds. The molecule has 2 N–H and O–H groups in total. The molecule has 0 atom stereocenters. The molecular formula is C15H12Na2O11S2. The molecule has 0 aliphatic carbocycles. The zero-order valence-corrected chi connectivity index (χ0v) is 21.8. The maximum absolute atomic E-state index is 12.8. The Labute approximate surface area is 216 Å². The van der Waals surface area contributed by atoms with E-state index in [1.54, 1.807) is 0 Å². The van der Waals surface area contributed by atoms with Crippen molar-refractivity contribution in [1.29, 1.82) is 0 Å². The zero-order chi connectivity index (χ0) is 21.4. The molecule has 0 aromatic heterocycles. The van der Waals surface area contributed by atoms with Crippen molar-refractivity contribution in [3.8, 4) is 23.0 Å². The van der Waals surface area contributed by atoms with E-state index in [1.165, 1.54) is 0 Å². The summed E-state index contributed by atoms with van der Waals surface area (Å²) < 4.78 is 78.7. The minimum Gasteiger partial charge on any atom is -0.744 e. The zero-order valence-electron chi connectivity index (χ0n) is 16.2. The van der Waals surface area contributed by atoms with Crippen molar-refractivity contribution in [2.75, 3.05) is 14.2 Å². The van der Waals surface area contributed by atoms with Gasteiger partial charge in [0.2, 0.25) is 0 Å². The number of carbonyl (C=O) groups is 1. The monoisotopic (exact) mass is 478 g/mol. The number of rotatable bonds is 6. The fourth-order valence-electron chi connectivity index (χ4n) is 2.44. The number of hydrogen-bond donors (Lipinski definition) is 2. The molecule has 0 heterocycles. The van der Waals surface area contributed by atoms with Crippen LogP contribution in [-0.4, -0.2) is 56.2 Å². The van der Waals surface area contributed by atoms with Crippen molar-refractivity contribution in [2.45, 2.75) is 9.79 Å². The summed E-state index contributed by atoms with van der Waals surface area (Å²) in [5.74, 6) is -4.67. The summed E-state index contributed by atoms with van der Waals surface area (Å²) in [6.07, 6.45) is 0. The van der Waals surface area contributed by atoms with Crippen molar-refractivity contribution < 1.29 is 110 Å². The summed E-state index contributed by atoms with van der Waals surface area (Å²) in [5, 5.41) is 19.9. The van der Waals surface area contributed by atoms with Gasteiger partial charge in [0, 0.05) is 11.1 Å². The minimum atomic E-state index is -5.44. The van der Waals surface area contributed by atoms with Gasteiger partial charge in [0.1, 0.15) is 30.0 Å². The van der Waals surface area contributed by atoms with Crippen LogP contribution < -0.4 is 68.6 Å². The van der Waals surface area contributed by atoms with Gasteiger partial charge in [0.05, 0.1) is 14.2 Å². The number of methoxy groups -OCH3 is 2. The maximum Gasteiger partial charge on any atom is 1.00 e. The van der Waals surface area contributed by atoms with Gasteiger partial charge in [-0.3, -0.25) is 4.79 Å². The Balaban J connectivity index is 0.00000420. The molecule has 2 aromatic carbocycles. The first kappa shape index (κ1) is 29.1. The van der Waals surface area contributed by atoms with Crippen molar-refractivity contribution in [3.63, 3.8) is 0 Å². The number of aromatic hydroxyl groups is 2. The molecule has 30 heavy (non-hydrogen) atoms. The maximum atomic E-state index is 12.8. The molecule has 0 spiro atoms. The Hall–Kier alpha value is -0.870. The number of hydrogen-bond acceptors (Lipinski definition) is 11. The minimum absolute atomic E-state index is 0. The van der Waals surface area contributed by atoms with E-state index in [0.717, 1.165) is 38.5 Å². The molecule has 2 rings (SSSR count). The third-order valence-electron chi connectivity index (χ3n) is 3.62. The standard InChI is InChI=1S/C15H14O11S2.2Na/c1-25-9-5-3-7(14(12(9)17)27(19,20)21)11(16)8-4-6-10(26-2)13(18)15(8)28(22,23)24;;/h3-6,17-18H,1-2H3,(H,19,20,21)(H,22,23,24);;/q;2*+1/p-2. The molecule has 0 bridgehead atoms. The van der Waals surface area contributed by atoms with Crippen LogP contribution in [0.3, 0.4) is 0 Å². The predicted molar refractivity (Wildman–Crippen MR) is 88.7 cm³/mol. The van der Waals surface area contributed by atoms with Crippen LogP contribution >= 0.6 is 0 Å². The van der Waals surface area contributed by atoms with E-state index in [0.29, 0.717) is 0 Å². The normalized spacial score (nSPS) is 11.1. The first-order chi connectivity index (χ1) is 12.8. The second-order valence-corrected chi connectivity index (χ2v) is 7.86. The largest absolute Gasteiger partial charge is 1.00 e. The number of phenols is 2. The Morgan fingerprint density at radius 1 is 0.767 bits per heavy atom. The van der Waals surface area contributed by atoms with Gasteiger partial charge in [-0.2, -0.15) is 0 Å². The third-order valence-corrected chi connectivity index (χ3v) is 5.44. The molecule has 11 nitrogen and oxygen atoms in total. The van der Waals surface area contributed by atoms with Crippen LogP contribution in [0.25, 0.3) is 0 Å². The van der Waals surface area contributed by atoms with Crippen molar-refractivity contribution in [2.24, 2.45) is 0 Å². The number of phenolic OH excluding ortho intramolecular Hbond substituents is 2. The summed E-state index contributed by atoms with van der Waals surface area (Å²) in [4.78, 5) is 10.0. The smallest absolute Gasteiger partial charge is 0.744 e. The number of ketones is 1. The van der Waals surface area contributed by atoms with E-state index >= 15 is 0 Å². The Kier molecular flexibility index (Phi) is 10.3. The van der Waals surface area contributed by atoms with E-state index < -0.39 is 69.9 Å². The topological polar surface area (TPSA) is 190 Å². The third kappa shape index (κ3) is 5.68. The first-order valence-electron chi connectivity index (χ1n) is 7.11. The van der Waals surface area contributed by atoms with E-state index in [4.69, 9.17) is 0 Å². The molecule has 0 fully saturated rings. The average Bonchev–Trinajstić information content (AvgIpc) is 2.58. The van der Waals surface area contributed by atoms with Crippen molar-refractivity contribution in [3.05, 3.63) is 35.4 Å². The Bertz CT molecular complexity index is 1080. The summed E-state index contributed by atoms with van der Waals surface area (Å²) in [6.45, 7) is 0. The molecule has 15 heteroatoms.